The summed E-state index contributed by atoms with van der Waals surface area (Å²) in [7, 11) is 0. The topological polar surface area (TPSA) is 93.2 Å². The van der Waals surface area contributed by atoms with Crippen LogP contribution in [0.15, 0.2) is 24.5 Å². The van der Waals surface area contributed by atoms with E-state index in [0.29, 0.717) is 31.0 Å². The molecule has 2 heterocycles. The number of fused-ring (bicyclic) bond motifs is 1. The molecule has 7 nitrogen and oxygen atoms in total. The highest BCUT2D eigenvalue weighted by molar-refractivity contribution is 6.03. The molecule has 0 aliphatic carbocycles. The Kier molecular flexibility index (Phi) is 4.37. The van der Waals surface area contributed by atoms with Crippen molar-refractivity contribution in [1.29, 1.82) is 0 Å². The quantitative estimate of drug-likeness (QED) is 0.896. The molecule has 0 bridgehead atoms. The highest BCUT2D eigenvalue weighted by Gasteiger charge is 2.19. The molecule has 1 aromatic heterocycles. The highest BCUT2D eigenvalue weighted by atomic mass is 19.1. The number of carbonyl (C=O) groups excluding carboxylic acids is 2. The second-order valence-electron chi connectivity index (χ2n) is 5.16. The minimum absolute atomic E-state index is 0.0329. The molecule has 1 aromatic carbocycles. The smallest absolute Gasteiger partial charge is 0.275 e. The van der Waals surface area contributed by atoms with Crippen molar-refractivity contribution in [2.45, 2.75) is 19.8 Å². The average molecular weight is 330 g/mol. The van der Waals surface area contributed by atoms with E-state index in [9.17, 15) is 14.0 Å². The summed E-state index contributed by atoms with van der Waals surface area (Å²) in [6.45, 7) is 2.25. The number of halogens is 1. The second-order valence-corrected chi connectivity index (χ2v) is 5.16. The predicted octanol–water partition coefficient (Wildman–Crippen LogP) is 2.15. The zero-order valence-corrected chi connectivity index (χ0v) is 12.9. The number of hydrogen-bond donors (Lipinski definition) is 2. The largest absolute Gasteiger partial charge is 0.477 e. The van der Waals surface area contributed by atoms with Crippen molar-refractivity contribution in [3.63, 3.8) is 0 Å². The van der Waals surface area contributed by atoms with Gasteiger partial charge in [-0.25, -0.2) is 14.4 Å². The van der Waals surface area contributed by atoms with Crippen LogP contribution in [0.3, 0.4) is 0 Å². The van der Waals surface area contributed by atoms with E-state index in [4.69, 9.17) is 4.74 Å². The number of carbonyl (C=O) groups is 2. The van der Waals surface area contributed by atoms with Crippen LogP contribution in [0.2, 0.25) is 0 Å². The summed E-state index contributed by atoms with van der Waals surface area (Å²) in [5.74, 6) is -1.06. The van der Waals surface area contributed by atoms with Crippen molar-refractivity contribution in [2.24, 2.45) is 0 Å². The zero-order valence-electron chi connectivity index (χ0n) is 12.9. The van der Waals surface area contributed by atoms with Crippen molar-refractivity contribution in [2.75, 3.05) is 17.2 Å². The van der Waals surface area contributed by atoms with Gasteiger partial charge in [0.25, 0.3) is 5.91 Å². The molecule has 0 atom stereocenters. The number of aryl methyl sites for hydroxylation is 1. The number of anilines is 2. The maximum absolute atomic E-state index is 14.1. The van der Waals surface area contributed by atoms with Gasteiger partial charge in [-0.3, -0.25) is 9.59 Å². The summed E-state index contributed by atoms with van der Waals surface area (Å²) in [4.78, 5) is 31.4. The Hall–Kier alpha value is -3.03. The van der Waals surface area contributed by atoms with Gasteiger partial charge in [-0.15, -0.1) is 0 Å². The Bertz CT molecular complexity index is 793. The van der Waals surface area contributed by atoms with Crippen molar-refractivity contribution in [3.8, 4) is 5.88 Å². The normalized spacial score (nSPS) is 13.0. The van der Waals surface area contributed by atoms with E-state index in [0.717, 1.165) is 5.56 Å². The fourth-order valence-corrected chi connectivity index (χ4v) is 2.34. The predicted molar refractivity (Wildman–Crippen MR) is 84.5 cm³/mol. The molecule has 2 N–H and O–H groups in total. The monoisotopic (exact) mass is 330 g/mol. The van der Waals surface area contributed by atoms with Gasteiger partial charge in [-0.1, -0.05) is 0 Å². The third kappa shape index (κ3) is 3.32. The van der Waals surface area contributed by atoms with Gasteiger partial charge in [-0.05, 0) is 31.0 Å². The summed E-state index contributed by atoms with van der Waals surface area (Å²) >= 11 is 0. The third-order valence-corrected chi connectivity index (χ3v) is 3.49. The third-order valence-electron chi connectivity index (χ3n) is 3.49. The van der Waals surface area contributed by atoms with Gasteiger partial charge in [0.15, 0.2) is 0 Å². The van der Waals surface area contributed by atoms with E-state index < -0.39 is 11.7 Å². The van der Waals surface area contributed by atoms with Gasteiger partial charge in [0.1, 0.15) is 11.5 Å². The van der Waals surface area contributed by atoms with Crippen LogP contribution in [0.4, 0.5) is 15.8 Å². The first-order valence-corrected chi connectivity index (χ1v) is 7.45. The van der Waals surface area contributed by atoms with E-state index in [-0.39, 0.29) is 17.3 Å². The molecule has 0 saturated carbocycles. The van der Waals surface area contributed by atoms with Gasteiger partial charge < -0.3 is 15.4 Å². The highest BCUT2D eigenvalue weighted by Crippen LogP contribution is 2.28. The van der Waals surface area contributed by atoms with Crippen LogP contribution in [0.5, 0.6) is 5.88 Å². The number of aromatic nitrogens is 2. The minimum Gasteiger partial charge on any atom is -0.477 e. The number of nitrogens with one attached hydrogen (secondary N) is 2. The van der Waals surface area contributed by atoms with Crippen LogP contribution >= 0.6 is 0 Å². The number of ether oxygens (including phenoxy) is 1. The second kappa shape index (κ2) is 6.61. The lowest BCUT2D eigenvalue weighted by molar-refractivity contribution is -0.116. The van der Waals surface area contributed by atoms with Crippen molar-refractivity contribution in [3.05, 3.63) is 41.6 Å². The number of amides is 2. The fourth-order valence-electron chi connectivity index (χ4n) is 2.34. The van der Waals surface area contributed by atoms with Crippen LogP contribution in [0.25, 0.3) is 0 Å². The summed E-state index contributed by atoms with van der Waals surface area (Å²) in [5.41, 5.74) is 1.28. The molecular weight excluding hydrogens is 315 g/mol. The molecule has 1 aliphatic rings. The maximum Gasteiger partial charge on any atom is 0.275 e. The van der Waals surface area contributed by atoms with Gasteiger partial charge in [0, 0.05) is 12.1 Å². The SMILES string of the molecule is CCOc1cnc(C(=O)Nc2cc3c(cc2F)NC(=O)CC3)cn1. The maximum atomic E-state index is 14.1. The lowest BCUT2D eigenvalue weighted by Crippen LogP contribution is -2.20. The van der Waals surface area contributed by atoms with Crippen molar-refractivity contribution in [1.82, 2.24) is 9.97 Å². The van der Waals surface area contributed by atoms with E-state index in [1.54, 1.807) is 0 Å². The molecule has 0 radical (unpaired) electrons. The molecule has 0 spiro atoms. The van der Waals surface area contributed by atoms with Gasteiger partial charge >= 0.3 is 0 Å². The number of rotatable bonds is 4. The first-order valence-electron chi connectivity index (χ1n) is 7.45. The molecule has 124 valence electrons. The van der Waals surface area contributed by atoms with Gasteiger partial charge in [0.2, 0.25) is 11.8 Å². The van der Waals surface area contributed by atoms with Crippen LogP contribution in [0, 0.1) is 5.82 Å². The Balaban J connectivity index is 1.78. The van der Waals surface area contributed by atoms with E-state index in [2.05, 4.69) is 20.6 Å². The van der Waals surface area contributed by atoms with Gasteiger partial charge in [-0.2, -0.15) is 0 Å². The molecule has 2 aromatic rings. The fraction of sp³-hybridized carbons (Fsp3) is 0.250. The van der Waals surface area contributed by atoms with E-state index in [1.807, 2.05) is 6.92 Å². The summed E-state index contributed by atoms with van der Waals surface area (Å²) in [6.07, 6.45) is 3.41. The van der Waals surface area contributed by atoms with Crippen LogP contribution in [0.1, 0.15) is 29.4 Å². The summed E-state index contributed by atoms with van der Waals surface area (Å²) in [5, 5.41) is 5.07. The summed E-state index contributed by atoms with van der Waals surface area (Å²) in [6, 6.07) is 2.72. The van der Waals surface area contributed by atoms with Crippen LogP contribution < -0.4 is 15.4 Å². The van der Waals surface area contributed by atoms with Crippen molar-refractivity contribution < 1.29 is 18.7 Å². The Labute approximate surface area is 137 Å². The number of benzene rings is 1. The van der Waals surface area contributed by atoms with E-state index in [1.165, 1.54) is 24.5 Å². The molecule has 2 amide bonds. The molecule has 1 aliphatic heterocycles. The Morgan fingerprint density at radius 3 is 2.88 bits per heavy atom. The molecule has 0 fully saturated rings. The van der Waals surface area contributed by atoms with Crippen LogP contribution in [-0.4, -0.2) is 28.4 Å². The number of hydrogen-bond acceptors (Lipinski definition) is 5. The molecule has 24 heavy (non-hydrogen) atoms. The molecule has 8 heteroatoms. The first-order chi connectivity index (χ1) is 11.6. The minimum atomic E-state index is -0.636. The Morgan fingerprint density at radius 2 is 2.17 bits per heavy atom. The lowest BCUT2D eigenvalue weighted by Gasteiger charge is -2.18. The molecule has 0 unspecified atom stereocenters. The average Bonchev–Trinajstić information content (AvgIpc) is 2.56. The molecular formula is C16H15FN4O3. The molecule has 0 saturated heterocycles. The van der Waals surface area contributed by atoms with E-state index >= 15 is 0 Å². The first kappa shape index (κ1) is 15.9. The zero-order chi connectivity index (χ0) is 17.1. The van der Waals surface area contributed by atoms with Gasteiger partial charge in [0.05, 0.1) is 24.7 Å². The Morgan fingerprint density at radius 1 is 1.33 bits per heavy atom. The number of nitrogens with zero attached hydrogens (tertiary/aromatic N) is 2. The molecule has 3 rings (SSSR count). The standard InChI is InChI=1S/C16H15FN4O3/c1-2-24-15-8-18-13(7-19-15)16(23)21-12-5-9-3-4-14(22)20-11(9)6-10(12)17/h5-8H,2-4H2,1H3,(H,20,22)(H,21,23). The lowest BCUT2D eigenvalue weighted by atomic mass is 10.0. The summed E-state index contributed by atoms with van der Waals surface area (Å²) < 4.78 is 19.3. The van der Waals surface area contributed by atoms with Crippen molar-refractivity contribution >= 4 is 23.2 Å². The van der Waals surface area contributed by atoms with Crippen LogP contribution in [-0.2, 0) is 11.2 Å².